The lowest BCUT2D eigenvalue weighted by Gasteiger charge is -2.15. The van der Waals surface area contributed by atoms with E-state index >= 15 is 0 Å². The highest BCUT2D eigenvalue weighted by molar-refractivity contribution is 7.13. The molecule has 132 valence electrons. The number of nitrogens with zero attached hydrogens (tertiary/aromatic N) is 4. The fraction of sp³-hybridized carbons (Fsp3) is 0.571. The van der Waals surface area contributed by atoms with Gasteiger partial charge in [-0.25, -0.2) is 14.8 Å². The summed E-state index contributed by atoms with van der Waals surface area (Å²) in [5.41, 5.74) is 0.898. The summed E-state index contributed by atoms with van der Waals surface area (Å²) >= 11 is 1.57. The molecule has 9 nitrogen and oxygen atoms in total. The van der Waals surface area contributed by atoms with Crippen molar-refractivity contribution in [2.75, 3.05) is 45.2 Å². The zero-order valence-electron chi connectivity index (χ0n) is 14.1. The molecule has 0 aliphatic carbocycles. The van der Waals surface area contributed by atoms with Crippen molar-refractivity contribution in [2.24, 2.45) is 4.99 Å². The van der Waals surface area contributed by atoms with Gasteiger partial charge in [0.1, 0.15) is 0 Å². The molecule has 1 fully saturated rings. The summed E-state index contributed by atoms with van der Waals surface area (Å²) in [6, 6.07) is -0.345. The summed E-state index contributed by atoms with van der Waals surface area (Å²) in [6.07, 6.45) is 0. The van der Waals surface area contributed by atoms with E-state index in [4.69, 9.17) is 0 Å². The number of carbonyl (C=O) groups excluding carboxylic acids is 2. The first-order valence-electron chi connectivity index (χ1n) is 7.73. The Morgan fingerprint density at radius 3 is 2.83 bits per heavy atom. The number of nitrogens with one attached hydrogen (secondary N) is 3. The van der Waals surface area contributed by atoms with Crippen LogP contribution in [-0.2, 0) is 11.3 Å². The Morgan fingerprint density at radius 1 is 1.46 bits per heavy atom. The van der Waals surface area contributed by atoms with Crippen molar-refractivity contribution >= 4 is 34.4 Å². The standard InChI is InChI=1S/C14H23N7O2S/c1-4-15-12(16-5-6-21-11(22)8-18-13(21)23)17-7-10-9-24-14(19-10)20(2)3/h9H,4-8H2,1-3H3,(H,18,23)(H2,15,16,17). The second kappa shape index (κ2) is 8.48. The molecule has 3 N–H and O–H groups in total. The van der Waals surface area contributed by atoms with Crippen molar-refractivity contribution in [3.8, 4) is 0 Å². The van der Waals surface area contributed by atoms with Crippen LogP contribution < -0.4 is 20.9 Å². The molecule has 10 heteroatoms. The Morgan fingerprint density at radius 2 is 2.25 bits per heavy atom. The van der Waals surface area contributed by atoms with Gasteiger partial charge >= 0.3 is 6.03 Å². The predicted molar refractivity (Wildman–Crippen MR) is 94.4 cm³/mol. The average molecular weight is 353 g/mol. The van der Waals surface area contributed by atoms with Gasteiger partial charge in [0.25, 0.3) is 0 Å². The summed E-state index contributed by atoms with van der Waals surface area (Å²) in [6.45, 7) is 3.96. The van der Waals surface area contributed by atoms with E-state index < -0.39 is 0 Å². The topological polar surface area (TPSA) is 102 Å². The van der Waals surface area contributed by atoms with Crippen LogP contribution in [0, 0.1) is 0 Å². The summed E-state index contributed by atoms with van der Waals surface area (Å²) < 4.78 is 0. The van der Waals surface area contributed by atoms with Crippen LogP contribution in [0.25, 0.3) is 0 Å². The van der Waals surface area contributed by atoms with Gasteiger partial charge in [-0.1, -0.05) is 0 Å². The molecule has 0 radical (unpaired) electrons. The van der Waals surface area contributed by atoms with Gasteiger partial charge < -0.3 is 20.9 Å². The van der Waals surface area contributed by atoms with Crippen molar-refractivity contribution in [1.82, 2.24) is 25.8 Å². The first-order chi connectivity index (χ1) is 11.5. The van der Waals surface area contributed by atoms with E-state index in [0.717, 1.165) is 17.4 Å². The maximum absolute atomic E-state index is 11.5. The number of amides is 3. The third-order valence-corrected chi connectivity index (χ3v) is 4.29. The van der Waals surface area contributed by atoms with E-state index in [2.05, 4.69) is 25.9 Å². The molecule has 0 saturated carbocycles. The number of aromatic nitrogens is 1. The number of thiazole rings is 1. The highest BCUT2D eigenvalue weighted by Gasteiger charge is 2.27. The number of guanidine groups is 1. The molecule has 1 saturated heterocycles. The van der Waals surface area contributed by atoms with Crippen LogP contribution in [0.5, 0.6) is 0 Å². The minimum Gasteiger partial charge on any atom is -0.357 e. The molecule has 0 atom stereocenters. The fourth-order valence-electron chi connectivity index (χ4n) is 2.04. The summed E-state index contributed by atoms with van der Waals surface area (Å²) in [5.74, 6) is 0.423. The maximum Gasteiger partial charge on any atom is 0.324 e. The molecule has 1 aromatic rings. The lowest BCUT2D eigenvalue weighted by Crippen LogP contribution is -2.43. The third kappa shape index (κ3) is 4.82. The van der Waals surface area contributed by atoms with E-state index in [-0.39, 0.29) is 18.5 Å². The van der Waals surface area contributed by atoms with Gasteiger partial charge in [0.05, 0.1) is 18.8 Å². The normalized spacial score (nSPS) is 14.8. The molecule has 1 aliphatic rings. The average Bonchev–Trinajstić information content (AvgIpc) is 3.14. The number of urea groups is 1. The second-order valence-corrected chi connectivity index (χ2v) is 6.18. The maximum atomic E-state index is 11.5. The first kappa shape index (κ1) is 18.0. The van der Waals surface area contributed by atoms with Crippen molar-refractivity contribution in [1.29, 1.82) is 0 Å². The number of imide groups is 1. The van der Waals surface area contributed by atoms with Gasteiger partial charge in [-0.2, -0.15) is 0 Å². The van der Waals surface area contributed by atoms with Crippen molar-refractivity contribution in [3.63, 3.8) is 0 Å². The third-order valence-electron chi connectivity index (χ3n) is 3.23. The number of hydrogen-bond acceptors (Lipinski definition) is 6. The molecule has 24 heavy (non-hydrogen) atoms. The lowest BCUT2D eigenvalue weighted by molar-refractivity contribution is -0.124. The molecule has 0 spiro atoms. The van der Waals surface area contributed by atoms with Crippen LogP contribution >= 0.6 is 11.3 Å². The van der Waals surface area contributed by atoms with Gasteiger partial charge in [0.15, 0.2) is 11.1 Å². The van der Waals surface area contributed by atoms with E-state index in [1.54, 1.807) is 11.3 Å². The Hall–Kier alpha value is -2.36. The van der Waals surface area contributed by atoms with Crippen LogP contribution in [0.15, 0.2) is 10.4 Å². The fourth-order valence-corrected chi connectivity index (χ4v) is 2.79. The number of carbonyl (C=O) groups is 2. The second-order valence-electron chi connectivity index (χ2n) is 5.34. The predicted octanol–water partition coefficient (Wildman–Crippen LogP) is -0.184. The minimum absolute atomic E-state index is 0.0744. The number of anilines is 1. The Bertz CT molecular complexity index is 598. The summed E-state index contributed by atoms with van der Waals surface area (Å²) in [7, 11) is 3.90. The number of hydrogen-bond donors (Lipinski definition) is 3. The van der Waals surface area contributed by atoms with Gasteiger partial charge in [-0.05, 0) is 6.92 Å². The van der Waals surface area contributed by atoms with E-state index in [1.807, 2.05) is 31.3 Å². The lowest BCUT2D eigenvalue weighted by atomic mass is 10.5. The Kier molecular flexibility index (Phi) is 6.36. The highest BCUT2D eigenvalue weighted by Crippen LogP contribution is 2.18. The van der Waals surface area contributed by atoms with Crippen LogP contribution in [0.4, 0.5) is 9.93 Å². The van der Waals surface area contributed by atoms with E-state index in [1.165, 1.54) is 4.90 Å². The van der Waals surface area contributed by atoms with Gasteiger partial charge in [-0.15, -0.1) is 11.3 Å². The Balaban J connectivity index is 1.85. The van der Waals surface area contributed by atoms with Crippen molar-refractivity contribution in [3.05, 3.63) is 11.1 Å². The van der Waals surface area contributed by atoms with Crippen molar-refractivity contribution < 1.29 is 9.59 Å². The largest absolute Gasteiger partial charge is 0.357 e. The van der Waals surface area contributed by atoms with Crippen LogP contribution in [0.3, 0.4) is 0 Å². The zero-order valence-corrected chi connectivity index (χ0v) is 14.9. The van der Waals surface area contributed by atoms with Gasteiger partial charge in [0, 0.05) is 39.1 Å². The SMILES string of the molecule is CCNC(=NCc1csc(N(C)C)n1)NCCN1C(=O)CNC1=O. The quantitative estimate of drug-likeness (QED) is 0.357. The molecule has 1 aromatic heterocycles. The summed E-state index contributed by atoms with van der Waals surface area (Å²) in [4.78, 5) is 35.1. The molecule has 2 rings (SSSR count). The van der Waals surface area contributed by atoms with Gasteiger partial charge in [-0.3, -0.25) is 9.69 Å². The number of aliphatic imine (C=N–C) groups is 1. The monoisotopic (exact) mass is 353 g/mol. The molecule has 2 heterocycles. The number of rotatable bonds is 7. The minimum atomic E-state index is -0.345. The van der Waals surface area contributed by atoms with Gasteiger partial charge in [0.2, 0.25) is 5.91 Å². The molecule has 0 bridgehead atoms. The van der Waals surface area contributed by atoms with Crippen LogP contribution in [0.2, 0.25) is 0 Å². The molecule has 3 amide bonds. The molecule has 0 aromatic carbocycles. The first-order valence-corrected chi connectivity index (χ1v) is 8.61. The molecular weight excluding hydrogens is 330 g/mol. The zero-order chi connectivity index (χ0) is 17.5. The molecular formula is C14H23N7O2S. The highest BCUT2D eigenvalue weighted by atomic mass is 32.1. The smallest absolute Gasteiger partial charge is 0.324 e. The summed E-state index contributed by atoms with van der Waals surface area (Å²) in [5, 5.41) is 11.7. The van der Waals surface area contributed by atoms with Crippen LogP contribution in [0.1, 0.15) is 12.6 Å². The van der Waals surface area contributed by atoms with Crippen LogP contribution in [-0.4, -0.2) is 68.1 Å². The van der Waals surface area contributed by atoms with Crippen molar-refractivity contribution in [2.45, 2.75) is 13.5 Å². The Labute approximate surface area is 145 Å². The van der Waals surface area contributed by atoms with E-state index in [0.29, 0.717) is 25.6 Å². The molecule has 1 aliphatic heterocycles. The van der Waals surface area contributed by atoms with E-state index in [9.17, 15) is 9.59 Å². The molecule has 0 unspecified atom stereocenters.